The SMILES string of the molecule is COc1ccc(-c2noc(N3CCC(C(=O)NCC4CCN(Cc5ccsc5)C4)CC3)n2)cc1. The molecule has 2 fully saturated rings. The van der Waals surface area contributed by atoms with E-state index >= 15 is 0 Å². The number of hydrogen-bond acceptors (Lipinski definition) is 8. The number of aromatic nitrogens is 2. The fourth-order valence-electron chi connectivity index (χ4n) is 4.79. The standard InChI is InChI=1S/C25H31N5O3S/c1-32-22-4-2-20(3-5-22)23-27-25(33-28-23)30-11-7-21(8-12-30)24(31)26-14-18-6-10-29(15-18)16-19-9-13-34-17-19/h2-5,9,13,17-18,21H,6-8,10-12,14-16H2,1H3,(H,26,31). The number of anilines is 1. The van der Waals surface area contributed by atoms with E-state index in [9.17, 15) is 4.79 Å². The fourth-order valence-corrected chi connectivity index (χ4v) is 5.45. The summed E-state index contributed by atoms with van der Waals surface area (Å²) in [6.07, 6.45) is 2.73. The molecule has 2 aliphatic rings. The van der Waals surface area contributed by atoms with Gasteiger partial charge in [-0.15, -0.1) is 0 Å². The maximum absolute atomic E-state index is 12.8. The van der Waals surface area contributed by atoms with Crippen molar-refractivity contribution in [1.82, 2.24) is 20.4 Å². The Hall–Kier alpha value is -2.91. The number of hydrogen-bond donors (Lipinski definition) is 1. The lowest BCUT2D eigenvalue weighted by atomic mass is 9.96. The average molecular weight is 482 g/mol. The van der Waals surface area contributed by atoms with Crippen molar-refractivity contribution in [2.45, 2.75) is 25.8 Å². The highest BCUT2D eigenvalue weighted by Crippen LogP contribution is 2.26. The number of benzene rings is 1. The van der Waals surface area contributed by atoms with Crippen molar-refractivity contribution in [2.24, 2.45) is 11.8 Å². The smallest absolute Gasteiger partial charge is 0.324 e. The van der Waals surface area contributed by atoms with E-state index in [1.807, 2.05) is 24.3 Å². The van der Waals surface area contributed by atoms with Gasteiger partial charge in [-0.3, -0.25) is 9.69 Å². The number of likely N-dealkylation sites (tertiary alicyclic amines) is 1. The Kier molecular flexibility index (Phi) is 7.10. The molecule has 34 heavy (non-hydrogen) atoms. The van der Waals surface area contributed by atoms with Gasteiger partial charge in [-0.1, -0.05) is 5.16 Å². The van der Waals surface area contributed by atoms with Gasteiger partial charge in [-0.05, 0) is 78.4 Å². The molecule has 0 saturated carbocycles. The molecule has 0 bridgehead atoms. The van der Waals surface area contributed by atoms with E-state index in [1.165, 1.54) is 5.56 Å². The summed E-state index contributed by atoms with van der Waals surface area (Å²) in [5, 5.41) is 11.7. The second-order valence-electron chi connectivity index (χ2n) is 9.16. The molecule has 180 valence electrons. The molecule has 2 saturated heterocycles. The number of nitrogens with zero attached hydrogens (tertiary/aromatic N) is 4. The highest BCUT2D eigenvalue weighted by atomic mass is 32.1. The van der Waals surface area contributed by atoms with Crippen LogP contribution < -0.4 is 15.0 Å². The van der Waals surface area contributed by atoms with E-state index in [0.29, 0.717) is 17.8 Å². The first-order valence-corrected chi connectivity index (χ1v) is 12.9. The topological polar surface area (TPSA) is 83.7 Å². The number of amides is 1. The predicted molar refractivity (Wildman–Crippen MR) is 132 cm³/mol. The van der Waals surface area contributed by atoms with Crippen molar-refractivity contribution in [3.8, 4) is 17.1 Å². The van der Waals surface area contributed by atoms with E-state index in [0.717, 1.165) is 69.8 Å². The van der Waals surface area contributed by atoms with Crippen molar-refractivity contribution in [3.05, 3.63) is 46.7 Å². The van der Waals surface area contributed by atoms with Crippen LogP contribution in [0.1, 0.15) is 24.8 Å². The van der Waals surface area contributed by atoms with Gasteiger partial charge in [0.05, 0.1) is 7.11 Å². The zero-order chi connectivity index (χ0) is 23.3. The lowest BCUT2D eigenvalue weighted by Gasteiger charge is -2.30. The van der Waals surface area contributed by atoms with Gasteiger partial charge in [0.1, 0.15) is 5.75 Å². The predicted octanol–water partition coefficient (Wildman–Crippen LogP) is 3.66. The van der Waals surface area contributed by atoms with E-state index in [-0.39, 0.29) is 11.8 Å². The number of nitrogens with one attached hydrogen (secondary N) is 1. The molecule has 2 aromatic heterocycles. The Labute approximate surface area is 203 Å². The van der Waals surface area contributed by atoms with Crippen molar-refractivity contribution in [3.63, 3.8) is 0 Å². The summed E-state index contributed by atoms with van der Waals surface area (Å²) in [6.45, 7) is 5.43. The summed E-state index contributed by atoms with van der Waals surface area (Å²) < 4.78 is 10.7. The third-order valence-electron chi connectivity index (χ3n) is 6.82. The first-order chi connectivity index (χ1) is 16.7. The molecule has 2 aliphatic heterocycles. The molecule has 0 radical (unpaired) electrons. The highest BCUT2D eigenvalue weighted by Gasteiger charge is 2.29. The van der Waals surface area contributed by atoms with Gasteiger partial charge in [-0.2, -0.15) is 16.3 Å². The van der Waals surface area contributed by atoms with Gasteiger partial charge in [0.15, 0.2) is 0 Å². The molecule has 1 N–H and O–H groups in total. The van der Waals surface area contributed by atoms with Crippen molar-refractivity contribution in [2.75, 3.05) is 44.7 Å². The molecule has 1 unspecified atom stereocenters. The third-order valence-corrected chi connectivity index (χ3v) is 7.55. The molecule has 5 rings (SSSR count). The van der Waals surface area contributed by atoms with Crippen LogP contribution in [0.15, 0.2) is 45.6 Å². The van der Waals surface area contributed by atoms with Gasteiger partial charge in [-0.25, -0.2) is 0 Å². The minimum Gasteiger partial charge on any atom is -0.497 e. The Morgan fingerprint density at radius 3 is 2.74 bits per heavy atom. The van der Waals surface area contributed by atoms with Gasteiger partial charge >= 0.3 is 6.01 Å². The Bertz CT molecular complexity index is 1060. The number of ether oxygens (including phenoxy) is 1. The maximum Gasteiger partial charge on any atom is 0.324 e. The van der Waals surface area contributed by atoms with Crippen LogP contribution >= 0.6 is 11.3 Å². The van der Waals surface area contributed by atoms with E-state index in [2.05, 4.69) is 42.1 Å². The first kappa shape index (κ1) is 22.9. The lowest BCUT2D eigenvalue weighted by molar-refractivity contribution is -0.125. The largest absolute Gasteiger partial charge is 0.497 e. The Morgan fingerprint density at radius 2 is 2.00 bits per heavy atom. The highest BCUT2D eigenvalue weighted by molar-refractivity contribution is 7.07. The minimum atomic E-state index is 0.0449. The van der Waals surface area contributed by atoms with Crippen LogP contribution in [0.3, 0.4) is 0 Å². The average Bonchev–Trinajstić information content (AvgIpc) is 3.66. The van der Waals surface area contributed by atoms with Gasteiger partial charge < -0.3 is 19.5 Å². The number of thiophene rings is 1. The molecule has 0 spiro atoms. The summed E-state index contributed by atoms with van der Waals surface area (Å²) >= 11 is 1.75. The van der Waals surface area contributed by atoms with E-state index in [1.54, 1.807) is 18.4 Å². The molecular formula is C25H31N5O3S. The first-order valence-electron chi connectivity index (χ1n) is 11.9. The second-order valence-corrected chi connectivity index (χ2v) is 9.94. The summed E-state index contributed by atoms with van der Waals surface area (Å²) in [5.41, 5.74) is 2.27. The molecule has 3 aromatic rings. The minimum absolute atomic E-state index is 0.0449. The van der Waals surface area contributed by atoms with Crippen LogP contribution in [-0.2, 0) is 11.3 Å². The third kappa shape index (κ3) is 5.42. The van der Waals surface area contributed by atoms with Gasteiger partial charge in [0, 0.05) is 44.2 Å². The van der Waals surface area contributed by atoms with E-state index < -0.39 is 0 Å². The molecule has 1 atom stereocenters. The van der Waals surface area contributed by atoms with Crippen LogP contribution in [0.5, 0.6) is 5.75 Å². The van der Waals surface area contributed by atoms with Crippen LogP contribution in [0.2, 0.25) is 0 Å². The molecule has 9 heteroatoms. The Balaban J connectivity index is 1.05. The monoisotopic (exact) mass is 481 g/mol. The van der Waals surface area contributed by atoms with Crippen molar-refractivity contribution >= 4 is 23.3 Å². The molecule has 1 amide bonds. The van der Waals surface area contributed by atoms with Crippen molar-refractivity contribution in [1.29, 1.82) is 0 Å². The number of carbonyl (C=O) groups excluding carboxylic acids is 1. The fraction of sp³-hybridized carbons (Fsp3) is 0.480. The van der Waals surface area contributed by atoms with Crippen LogP contribution in [0.25, 0.3) is 11.4 Å². The van der Waals surface area contributed by atoms with Crippen LogP contribution in [0.4, 0.5) is 6.01 Å². The normalized spacial score (nSPS) is 19.4. The van der Waals surface area contributed by atoms with Crippen LogP contribution in [0, 0.1) is 11.8 Å². The zero-order valence-corrected chi connectivity index (χ0v) is 20.3. The summed E-state index contributed by atoms with van der Waals surface area (Å²) in [6, 6.07) is 10.3. The lowest BCUT2D eigenvalue weighted by Crippen LogP contribution is -2.42. The summed E-state index contributed by atoms with van der Waals surface area (Å²) in [5.74, 6) is 2.11. The molecular weight excluding hydrogens is 450 g/mol. The number of methoxy groups -OCH3 is 1. The molecule has 0 aliphatic carbocycles. The molecule has 8 nitrogen and oxygen atoms in total. The second kappa shape index (κ2) is 10.6. The molecule has 4 heterocycles. The van der Waals surface area contributed by atoms with Crippen molar-refractivity contribution < 1.29 is 14.1 Å². The van der Waals surface area contributed by atoms with Crippen LogP contribution in [-0.4, -0.2) is 60.8 Å². The molecule has 1 aromatic carbocycles. The Morgan fingerprint density at radius 1 is 1.18 bits per heavy atom. The summed E-state index contributed by atoms with van der Waals surface area (Å²) in [7, 11) is 1.64. The quantitative estimate of drug-likeness (QED) is 0.526. The van der Waals surface area contributed by atoms with Gasteiger partial charge in [0.2, 0.25) is 11.7 Å². The maximum atomic E-state index is 12.8. The number of piperidine rings is 1. The van der Waals surface area contributed by atoms with E-state index in [4.69, 9.17) is 9.26 Å². The number of rotatable bonds is 8. The zero-order valence-electron chi connectivity index (χ0n) is 19.5. The number of carbonyl (C=O) groups is 1. The van der Waals surface area contributed by atoms with Gasteiger partial charge in [0.25, 0.3) is 0 Å². The summed E-state index contributed by atoms with van der Waals surface area (Å²) in [4.78, 5) is 21.9.